The van der Waals surface area contributed by atoms with Gasteiger partial charge in [0.1, 0.15) is 11.8 Å². The summed E-state index contributed by atoms with van der Waals surface area (Å²) < 4.78 is 7.09. The summed E-state index contributed by atoms with van der Waals surface area (Å²) in [5.41, 5.74) is 3.93. The van der Waals surface area contributed by atoms with Crippen LogP contribution in [-0.4, -0.2) is 27.8 Å². The van der Waals surface area contributed by atoms with Crippen molar-refractivity contribution in [3.63, 3.8) is 0 Å². The van der Waals surface area contributed by atoms with Crippen LogP contribution in [0.25, 0.3) is 5.70 Å². The zero-order valence-corrected chi connectivity index (χ0v) is 18.1. The van der Waals surface area contributed by atoms with Crippen molar-refractivity contribution in [2.45, 2.75) is 12.5 Å². The predicted octanol–water partition coefficient (Wildman–Crippen LogP) is 4.52. The Hall–Kier alpha value is -4.39. The largest absolute Gasteiger partial charge is 0.497 e. The maximum atomic E-state index is 12.6. The van der Waals surface area contributed by atoms with Crippen molar-refractivity contribution in [1.82, 2.24) is 14.8 Å². The summed E-state index contributed by atoms with van der Waals surface area (Å²) in [4.78, 5) is 17.1. The second-order valence-electron chi connectivity index (χ2n) is 7.70. The van der Waals surface area contributed by atoms with Crippen LogP contribution in [0.3, 0.4) is 0 Å². The third-order valence-corrected chi connectivity index (χ3v) is 5.47. The molecule has 1 aliphatic rings. The number of methoxy groups -OCH3 is 1. The van der Waals surface area contributed by atoms with Crippen LogP contribution in [0.5, 0.6) is 5.75 Å². The quantitative estimate of drug-likeness (QED) is 0.463. The maximum Gasteiger partial charge on any atom is 0.250 e. The van der Waals surface area contributed by atoms with Crippen molar-refractivity contribution in [2.75, 3.05) is 17.7 Å². The highest BCUT2D eigenvalue weighted by Gasteiger charge is 2.26. The van der Waals surface area contributed by atoms with Crippen molar-refractivity contribution in [3.8, 4) is 5.75 Å². The molecule has 1 aromatic heterocycles. The number of carbonyl (C=O) groups is 1. The molecule has 7 nitrogen and oxygen atoms in total. The summed E-state index contributed by atoms with van der Waals surface area (Å²) in [6, 6.07) is 27.3. The Labute approximate surface area is 191 Å². The van der Waals surface area contributed by atoms with Gasteiger partial charge in [-0.3, -0.25) is 10.1 Å². The van der Waals surface area contributed by atoms with E-state index in [1.807, 2.05) is 84.9 Å². The fourth-order valence-corrected chi connectivity index (χ4v) is 3.82. The standard InChI is InChI=1S/C26H23N5O2/c1-33-21-14-12-20(13-15-21)23-17-22(19-10-6-3-7-11-19)27-26-29-25(30-31(23)26)28-24(32)16-18-8-4-2-5-9-18/h2-15,17,23H,16H2,1H3,(H2,27,28,29,30,32)/t23-/m0/s1. The molecule has 7 heteroatoms. The van der Waals surface area contributed by atoms with E-state index in [-0.39, 0.29) is 24.3 Å². The lowest BCUT2D eigenvalue weighted by atomic mass is 10.0. The minimum absolute atomic E-state index is 0.165. The third-order valence-electron chi connectivity index (χ3n) is 5.47. The van der Waals surface area contributed by atoms with E-state index in [0.29, 0.717) is 5.95 Å². The number of ether oxygens (including phenoxy) is 1. The summed E-state index contributed by atoms with van der Waals surface area (Å²) in [5, 5.41) is 10.8. The molecular formula is C26H23N5O2. The van der Waals surface area contributed by atoms with E-state index in [9.17, 15) is 4.79 Å². The van der Waals surface area contributed by atoms with Crippen LogP contribution >= 0.6 is 0 Å². The maximum absolute atomic E-state index is 12.6. The molecule has 0 saturated carbocycles. The van der Waals surface area contributed by atoms with Gasteiger partial charge in [-0.1, -0.05) is 72.8 Å². The highest BCUT2D eigenvalue weighted by Crippen LogP contribution is 2.33. The molecule has 0 saturated heterocycles. The topological polar surface area (TPSA) is 81.1 Å². The van der Waals surface area contributed by atoms with Crippen molar-refractivity contribution in [3.05, 3.63) is 108 Å². The average molecular weight is 438 g/mol. The minimum Gasteiger partial charge on any atom is -0.497 e. The van der Waals surface area contributed by atoms with Gasteiger partial charge in [0.2, 0.25) is 11.9 Å². The molecule has 4 aromatic rings. The molecule has 33 heavy (non-hydrogen) atoms. The number of amides is 1. The predicted molar refractivity (Wildman–Crippen MR) is 128 cm³/mol. The van der Waals surface area contributed by atoms with Gasteiger partial charge in [0.15, 0.2) is 0 Å². The van der Waals surface area contributed by atoms with Crippen molar-refractivity contribution in [2.24, 2.45) is 0 Å². The van der Waals surface area contributed by atoms with Crippen LogP contribution in [0.4, 0.5) is 11.9 Å². The van der Waals surface area contributed by atoms with Gasteiger partial charge in [0.25, 0.3) is 5.95 Å². The summed E-state index contributed by atoms with van der Waals surface area (Å²) in [6.45, 7) is 0. The molecule has 0 aliphatic carbocycles. The molecule has 0 fully saturated rings. The van der Waals surface area contributed by atoms with Gasteiger partial charge in [-0.25, -0.2) is 4.68 Å². The fraction of sp³-hybridized carbons (Fsp3) is 0.115. The number of anilines is 2. The lowest BCUT2D eigenvalue weighted by Gasteiger charge is -2.24. The Morgan fingerprint density at radius 1 is 1.00 bits per heavy atom. The van der Waals surface area contributed by atoms with E-state index in [1.54, 1.807) is 11.8 Å². The van der Waals surface area contributed by atoms with Crippen LogP contribution in [0.15, 0.2) is 91.0 Å². The molecule has 1 aliphatic heterocycles. The number of nitrogens with one attached hydrogen (secondary N) is 2. The first-order valence-corrected chi connectivity index (χ1v) is 10.7. The van der Waals surface area contributed by atoms with E-state index >= 15 is 0 Å². The van der Waals surface area contributed by atoms with Crippen molar-refractivity contribution in [1.29, 1.82) is 0 Å². The van der Waals surface area contributed by atoms with E-state index in [0.717, 1.165) is 28.1 Å². The Morgan fingerprint density at radius 3 is 2.39 bits per heavy atom. The van der Waals surface area contributed by atoms with Gasteiger partial charge in [0.05, 0.1) is 13.5 Å². The molecule has 1 amide bonds. The molecule has 1 atom stereocenters. The third kappa shape index (κ3) is 4.48. The van der Waals surface area contributed by atoms with E-state index < -0.39 is 0 Å². The molecule has 164 valence electrons. The number of hydrogen-bond acceptors (Lipinski definition) is 5. The van der Waals surface area contributed by atoms with Crippen LogP contribution < -0.4 is 15.4 Å². The summed E-state index contributed by atoms with van der Waals surface area (Å²) in [7, 11) is 1.65. The van der Waals surface area contributed by atoms with Crippen molar-refractivity contribution >= 4 is 23.5 Å². The second-order valence-corrected chi connectivity index (χ2v) is 7.70. The molecule has 3 aromatic carbocycles. The van der Waals surface area contributed by atoms with Crippen molar-refractivity contribution < 1.29 is 9.53 Å². The molecule has 0 radical (unpaired) electrons. The SMILES string of the molecule is COc1ccc([C@@H]2C=C(c3ccccc3)Nc3nc(NC(=O)Cc4ccccc4)nn32)cc1. The Morgan fingerprint density at radius 2 is 1.70 bits per heavy atom. The van der Waals surface area contributed by atoms with E-state index in [2.05, 4.69) is 26.8 Å². The number of aromatic nitrogens is 3. The first-order valence-electron chi connectivity index (χ1n) is 10.7. The molecule has 5 rings (SSSR count). The minimum atomic E-state index is -0.199. The number of hydrogen-bond donors (Lipinski definition) is 2. The fourth-order valence-electron chi connectivity index (χ4n) is 3.82. The molecule has 0 spiro atoms. The lowest BCUT2D eigenvalue weighted by molar-refractivity contribution is -0.115. The summed E-state index contributed by atoms with van der Waals surface area (Å²) in [5.74, 6) is 1.45. The Bertz CT molecular complexity index is 1280. The zero-order chi connectivity index (χ0) is 22.6. The summed E-state index contributed by atoms with van der Waals surface area (Å²) >= 11 is 0. The van der Waals surface area contributed by atoms with Crippen LogP contribution in [0.2, 0.25) is 0 Å². The van der Waals surface area contributed by atoms with E-state index in [1.165, 1.54) is 0 Å². The number of rotatable bonds is 6. The average Bonchev–Trinajstić information content (AvgIpc) is 3.26. The highest BCUT2D eigenvalue weighted by molar-refractivity contribution is 5.91. The first kappa shape index (κ1) is 20.5. The Balaban J connectivity index is 1.45. The van der Waals surface area contributed by atoms with Crippen LogP contribution in [-0.2, 0) is 11.2 Å². The molecule has 0 bridgehead atoms. The lowest BCUT2D eigenvalue weighted by Crippen LogP contribution is -2.20. The monoisotopic (exact) mass is 437 g/mol. The van der Waals surface area contributed by atoms with Crippen LogP contribution in [0, 0.1) is 0 Å². The molecule has 2 N–H and O–H groups in total. The van der Waals surface area contributed by atoms with Gasteiger partial charge in [-0.2, -0.15) is 4.98 Å². The van der Waals surface area contributed by atoms with Gasteiger partial charge >= 0.3 is 0 Å². The first-order chi connectivity index (χ1) is 16.2. The smallest absolute Gasteiger partial charge is 0.250 e. The molecule has 2 heterocycles. The Kier molecular flexibility index (Phi) is 5.59. The number of fused-ring (bicyclic) bond motifs is 1. The normalized spacial score (nSPS) is 14.6. The number of allylic oxidation sites excluding steroid dienone is 1. The van der Waals surface area contributed by atoms with Gasteiger partial charge in [-0.05, 0) is 34.9 Å². The number of carbonyl (C=O) groups excluding carboxylic acids is 1. The molecule has 0 unspecified atom stereocenters. The van der Waals surface area contributed by atoms with Gasteiger partial charge < -0.3 is 10.1 Å². The van der Waals surface area contributed by atoms with Gasteiger partial charge in [0, 0.05) is 5.70 Å². The number of benzene rings is 3. The summed E-state index contributed by atoms with van der Waals surface area (Å²) in [6.07, 6.45) is 2.36. The van der Waals surface area contributed by atoms with E-state index in [4.69, 9.17) is 4.74 Å². The van der Waals surface area contributed by atoms with Gasteiger partial charge in [-0.15, -0.1) is 5.10 Å². The van der Waals surface area contributed by atoms with Crippen LogP contribution in [0.1, 0.15) is 22.7 Å². The highest BCUT2D eigenvalue weighted by atomic mass is 16.5. The molecular weight excluding hydrogens is 414 g/mol. The zero-order valence-electron chi connectivity index (χ0n) is 18.1. The number of nitrogens with zero attached hydrogens (tertiary/aromatic N) is 3. The second kappa shape index (κ2) is 9.00.